The first-order valence-electron chi connectivity index (χ1n) is 6.52. The number of aromatic nitrogens is 2. The van der Waals surface area contributed by atoms with Crippen LogP contribution in [0.4, 0.5) is 14.7 Å². The number of rotatable bonds is 4. The molecule has 1 heterocycles. The van der Waals surface area contributed by atoms with Gasteiger partial charge >= 0.3 is 0 Å². The molecule has 0 spiro atoms. The summed E-state index contributed by atoms with van der Waals surface area (Å²) in [6, 6.07) is 4.81. The lowest BCUT2D eigenvalue weighted by molar-refractivity contribution is 0.0945. The molecule has 0 bridgehead atoms. The molecule has 0 atom stereocenters. The van der Waals surface area contributed by atoms with Gasteiger partial charge < -0.3 is 16.8 Å². The van der Waals surface area contributed by atoms with E-state index in [0.717, 1.165) is 12.1 Å². The lowest BCUT2D eigenvalue weighted by atomic mass is 10.2. The summed E-state index contributed by atoms with van der Waals surface area (Å²) in [6.45, 7) is 1.66. The summed E-state index contributed by atoms with van der Waals surface area (Å²) in [6.07, 6.45) is 0. The minimum atomic E-state index is -0.982. The summed E-state index contributed by atoms with van der Waals surface area (Å²) in [7, 11) is 0. The average Bonchev–Trinajstić information content (AvgIpc) is 2.46. The molecule has 0 aliphatic rings. The second-order valence-corrected chi connectivity index (χ2v) is 4.66. The van der Waals surface area contributed by atoms with Gasteiger partial charge in [-0.25, -0.2) is 18.7 Å². The fourth-order valence-corrected chi connectivity index (χ4v) is 1.76. The van der Waals surface area contributed by atoms with Crippen molar-refractivity contribution in [1.82, 2.24) is 15.3 Å². The molecule has 1 aromatic carbocycles. The first-order chi connectivity index (χ1) is 10.8. The van der Waals surface area contributed by atoms with Gasteiger partial charge in [0.1, 0.15) is 5.69 Å². The summed E-state index contributed by atoms with van der Waals surface area (Å²) in [5.41, 5.74) is 11.4. The van der Waals surface area contributed by atoms with Crippen LogP contribution in [0.5, 0.6) is 0 Å². The van der Waals surface area contributed by atoms with Crippen molar-refractivity contribution < 1.29 is 13.6 Å². The summed E-state index contributed by atoms with van der Waals surface area (Å²) in [5.74, 6) is -2.72. The third kappa shape index (κ3) is 4.43. The molecule has 0 unspecified atom stereocenters. The number of benzene rings is 1. The number of aliphatic imine (C=N–C) groups is 1. The van der Waals surface area contributed by atoms with Crippen molar-refractivity contribution in [2.75, 3.05) is 0 Å². The highest BCUT2D eigenvalue weighted by Gasteiger charge is 2.11. The lowest BCUT2D eigenvalue weighted by Crippen LogP contribution is -2.25. The second kappa shape index (κ2) is 6.77. The van der Waals surface area contributed by atoms with Gasteiger partial charge in [-0.1, -0.05) is 6.07 Å². The molecule has 23 heavy (non-hydrogen) atoms. The van der Waals surface area contributed by atoms with E-state index in [2.05, 4.69) is 20.3 Å². The molecular formula is C14H14F2N6O. The van der Waals surface area contributed by atoms with E-state index in [0.29, 0.717) is 11.3 Å². The van der Waals surface area contributed by atoms with Gasteiger partial charge in [0.05, 0.1) is 0 Å². The summed E-state index contributed by atoms with van der Waals surface area (Å²) >= 11 is 0. The minimum absolute atomic E-state index is 0.0106. The van der Waals surface area contributed by atoms with Crippen LogP contribution in [0.1, 0.15) is 21.7 Å². The molecule has 2 rings (SSSR count). The monoisotopic (exact) mass is 320 g/mol. The molecule has 1 aromatic heterocycles. The van der Waals surface area contributed by atoms with E-state index in [9.17, 15) is 13.6 Å². The molecule has 0 radical (unpaired) electrons. The van der Waals surface area contributed by atoms with Crippen molar-refractivity contribution in [2.45, 2.75) is 13.5 Å². The molecule has 7 nitrogen and oxygen atoms in total. The van der Waals surface area contributed by atoms with Crippen molar-refractivity contribution >= 4 is 17.8 Å². The standard InChI is InChI=1S/C14H14F2N6O/c1-7-4-11(21-14(20-7)22-13(17)18)12(23)19-6-8-2-3-9(15)10(16)5-8/h2-5H,6H2,1H3,(H,19,23)(H4,17,18,20,21,22). The number of aryl methyl sites for hydroxylation is 1. The van der Waals surface area contributed by atoms with E-state index in [1.54, 1.807) is 6.92 Å². The fourth-order valence-electron chi connectivity index (χ4n) is 1.76. The Morgan fingerprint density at radius 1 is 1.22 bits per heavy atom. The first kappa shape index (κ1) is 16.3. The zero-order valence-corrected chi connectivity index (χ0v) is 12.2. The second-order valence-electron chi connectivity index (χ2n) is 4.66. The number of nitrogens with zero attached hydrogens (tertiary/aromatic N) is 3. The molecule has 0 aliphatic heterocycles. The Labute approximate surface area is 130 Å². The number of nitrogens with one attached hydrogen (secondary N) is 1. The Hall–Kier alpha value is -3.10. The average molecular weight is 320 g/mol. The highest BCUT2D eigenvalue weighted by atomic mass is 19.2. The summed E-state index contributed by atoms with van der Waals surface area (Å²) < 4.78 is 26.0. The Morgan fingerprint density at radius 2 is 1.96 bits per heavy atom. The lowest BCUT2D eigenvalue weighted by Gasteiger charge is -2.06. The fraction of sp³-hybridized carbons (Fsp3) is 0.143. The molecule has 0 fully saturated rings. The highest BCUT2D eigenvalue weighted by Crippen LogP contribution is 2.10. The van der Waals surface area contributed by atoms with Gasteiger partial charge in [-0.15, -0.1) is 0 Å². The molecule has 1 amide bonds. The first-order valence-corrected chi connectivity index (χ1v) is 6.52. The van der Waals surface area contributed by atoms with Crippen LogP contribution in [0.3, 0.4) is 0 Å². The molecule has 0 saturated carbocycles. The zero-order valence-electron chi connectivity index (χ0n) is 12.2. The van der Waals surface area contributed by atoms with Crippen LogP contribution in [0.25, 0.3) is 0 Å². The number of hydrogen-bond donors (Lipinski definition) is 3. The van der Waals surface area contributed by atoms with Crippen LogP contribution in [0.15, 0.2) is 29.3 Å². The Balaban J connectivity index is 2.12. The quantitative estimate of drug-likeness (QED) is 0.571. The molecule has 5 N–H and O–H groups in total. The van der Waals surface area contributed by atoms with Crippen molar-refractivity contribution in [3.63, 3.8) is 0 Å². The third-order valence-electron chi connectivity index (χ3n) is 2.74. The van der Waals surface area contributed by atoms with E-state index in [-0.39, 0.29) is 24.1 Å². The molecule has 120 valence electrons. The van der Waals surface area contributed by atoms with Crippen LogP contribution in [0.2, 0.25) is 0 Å². The predicted molar refractivity (Wildman–Crippen MR) is 79.8 cm³/mol. The van der Waals surface area contributed by atoms with E-state index in [4.69, 9.17) is 11.5 Å². The SMILES string of the molecule is Cc1cc(C(=O)NCc2ccc(F)c(F)c2)nc(N=C(N)N)n1. The molecule has 2 aromatic rings. The van der Waals surface area contributed by atoms with Gasteiger partial charge in [0.25, 0.3) is 11.9 Å². The number of hydrogen-bond acceptors (Lipinski definition) is 4. The Kier molecular flexibility index (Phi) is 4.79. The van der Waals surface area contributed by atoms with E-state index >= 15 is 0 Å². The van der Waals surface area contributed by atoms with Crippen LogP contribution >= 0.6 is 0 Å². The van der Waals surface area contributed by atoms with Gasteiger partial charge in [0.15, 0.2) is 17.6 Å². The number of carbonyl (C=O) groups is 1. The van der Waals surface area contributed by atoms with Gasteiger partial charge in [0, 0.05) is 12.2 Å². The van der Waals surface area contributed by atoms with Crippen LogP contribution in [0, 0.1) is 18.6 Å². The number of amides is 1. The van der Waals surface area contributed by atoms with Crippen LogP contribution < -0.4 is 16.8 Å². The van der Waals surface area contributed by atoms with Crippen LogP contribution in [-0.2, 0) is 6.54 Å². The summed E-state index contributed by atoms with van der Waals surface area (Å²) in [5, 5.41) is 2.54. The van der Waals surface area contributed by atoms with Gasteiger partial charge in [-0.2, -0.15) is 4.99 Å². The van der Waals surface area contributed by atoms with E-state index in [1.165, 1.54) is 12.1 Å². The maximum atomic E-state index is 13.1. The molecule has 0 aliphatic carbocycles. The topological polar surface area (TPSA) is 119 Å². The number of guanidine groups is 1. The minimum Gasteiger partial charge on any atom is -0.370 e. The maximum Gasteiger partial charge on any atom is 0.270 e. The van der Waals surface area contributed by atoms with Crippen molar-refractivity contribution in [1.29, 1.82) is 0 Å². The van der Waals surface area contributed by atoms with Gasteiger partial charge in [0.2, 0.25) is 0 Å². The van der Waals surface area contributed by atoms with Crippen molar-refractivity contribution in [3.8, 4) is 0 Å². The number of carbonyl (C=O) groups excluding carboxylic acids is 1. The predicted octanol–water partition coefficient (Wildman–Crippen LogP) is 0.898. The number of halogens is 2. The smallest absolute Gasteiger partial charge is 0.270 e. The van der Waals surface area contributed by atoms with E-state index < -0.39 is 17.5 Å². The molecular weight excluding hydrogens is 306 g/mol. The van der Waals surface area contributed by atoms with Gasteiger partial charge in [-0.3, -0.25) is 4.79 Å². The highest BCUT2D eigenvalue weighted by molar-refractivity contribution is 5.92. The largest absolute Gasteiger partial charge is 0.370 e. The number of nitrogens with two attached hydrogens (primary N) is 2. The van der Waals surface area contributed by atoms with E-state index in [1.807, 2.05) is 0 Å². The molecule has 9 heteroatoms. The van der Waals surface area contributed by atoms with Crippen molar-refractivity contribution in [3.05, 3.63) is 52.9 Å². The Bertz CT molecular complexity index is 774. The third-order valence-corrected chi connectivity index (χ3v) is 2.74. The molecule has 0 saturated heterocycles. The Morgan fingerprint density at radius 3 is 2.61 bits per heavy atom. The normalized spacial score (nSPS) is 10.2. The van der Waals surface area contributed by atoms with Crippen LogP contribution in [-0.4, -0.2) is 21.8 Å². The maximum absolute atomic E-state index is 13.1. The summed E-state index contributed by atoms with van der Waals surface area (Å²) in [4.78, 5) is 23.6. The zero-order chi connectivity index (χ0) is 17.0. The van der Waals surface area contributed by atoms with Gasteiger partial charge in [-0.05, 0) is 30.7 Å². The van der Waals surface area contributed by atoms with Crippen molar-refractivity contribution in [2.24, 2.45) is 16.5 Å².